The van der Waals surface area contributed by atoms with Crippen LogP contribution in [-0.4, -0.2) is 18.8 Å². The predicted molar refractivity (Wildman–Crippen MR) is 88.8 cm³/mol. The van der Waals surface area contributed by atoms with Crippen LogP contribution in [0.2, 0.25) is 10.0 Å². The number of carbonyl (C=O) groups excluding carboxylic acids is 1. The maximum absolute atomic E-state index is 11.9. The van der Waals surface area contributed by atoms with Crippen molar-refractivity contribution in [3.05, 3.63) is 52.5 Å². The van der Waals surface area contributed by atoms with Gasteiger partial charge in [0.2, 0.25) is 5.91 Å². The zero-order valence-electron chi connectivity index (χ0n) is 11.2. The molecule has 0 atom stereocenters. The average molecular weight is 342 g/mol. The Labute approximate surface area is 137 Å². The number of anilines is 1. The van der Waals surface area contributed by atoms with Crippen LogP contribution >= 0.6 is 35.0 Å². The first-order valence-electron chi connectivity index (χ1n) is 6.10. The van der Waals surface area contributed by atoms with Crippen molar-refractivity contribution < 1.29 is 9.53 Å². The van der Waals surface area contributed by atoms with E-state index in [4.69, 9.17) is 27.9 Å². The maximum Gasteiger partial charge on any atom is 0.234 e. The highest BCUT2D eigenvalue weighted by Gasteiger charge is 2.05. The molecular formula is C15H13Cl2NO2S. The number of benzene rings is 2. The minimum absolute atomic E-state index is 0.0868. The molecule has 0 aliphatic rings. The molecule has 1 amide bonds. The number of amides is 1. The van der Waals surface area contributed by atoms with Crippen molar-refractivity contribution in [2.75, 3.05) is 18.2 Å². The first kappa shape index (κ1) is 16.0. The maximum atomic E-state index is 11.9. The van der Waals surface area contributed by atoms with Crippen molar-refractivity contribution in [1.29, 1.82) is 0 Å². The summed E-state index contributed by atoms with van der Waals surface area (Å²) in [5.74, 6) is 0.957. The fourth-order valence-electron chi connectivity index (χ4n) is 1.59. The van der Waals surface area contributed by atoms with E-state index in [1.54, 1.807) is 43.5 Å². The summed E-state index contributed by atoms with van der Waals surface area (Å²) in [6, 6.07) is 12.5. The number of hydrogen-bond donors (Lipinski definition) is 1. The van der Waals surface area contributed by atoms with Crippen LogP contribution in [0.3, 0.4) is 0 Å². The van der Waals surface area contributed by atoms with Gasteiger partial charge in [0.05, 0.1) is 22.9 Å². The van der Waals surface area contributed by atoms with Gasteiger partial charge in [0.15, 0.2) is 0 Å². The SMILES string of the molecule is COc1ccc(NC(=O)CSc2ccc(Cl)c(Cl)c2)cc1. The summed E-state index contributed by atoms with van der Waals surface area (Å²) in [5.41, 5.74) is 0.732. The molecule has 3 nitrogen and oxygen atoms in total. The quantitative estimate of drug-likeness (QED) is 0.798. The van der Waals surface area contributed by atoms with Crippen molar-refractivity contribution in [3.63, 3.8) is 0 Å². The third-order valence-electron chi connectivity index (χ3n) is 2.63. The average Bonchev–Trinajstić information content (AvgIpc) is 2.49. The molecule has 0 fully saturated rings. The van der Waals surface area contributed by atoms with Crippen LogP contribution in [0.4, 0.5) is 5.69 Å². The molecular weight excluding hydrogens is 329 g/mol. The van der Waals surface area contributed by atoms with Crippen LogP contribution in [0, 0.1) is 0 Å². The third-order valence-corrected chi connectivity index (χ3v) is 4.37. The second-order valence-electron chi connectivity index (χ2n) is 4.14. The fraction of sp³-hybridized carbons (Fsp3) is 0.133. The van der Waals surface area contributed by atoms with Gasteiger partial charge in [0, 0.05) is 10.6 Å². The van der Waals surface area contributed by atoms with Gasteiger partial charge >= 0.3 is 0 Å². The van der Waals surface area contributed by atoms with Crippen molar-refractivity contribution >= 4 is 46.6 Å². The second kappa shape index (κ2) is 7.59. The zero-order valence-corrected chi connectivity index (χ0v) is 13.6. The van der Waals surface area contributed by atoms with Crippen LogP contribution in [0.5, 0.6) is 5.75 Å². The Hall–Kier alpha value is -1.36. The Kier molecular flexibility index (Phi) is 5.79. The summed E-state index contributed by atoms with van der Waals surface area (Å²) < 4.78 is 5.06. The molecule has 2 aromatic rings. The number of ether oxygens (including phenoxy) is 1. The Morgan fingerprint density at radius 2 is 1.86 bits per heavy atom. The molecule has 0 aromatic heterocycles. The smallest absolute Gasteiger partial charge is 0.234 e. The Balaban J connectivity index is 1.87. The van der Waals surface area contributed by atoms with Crippen LogP contribution in [0.25, 0.3) is 0 Å². The standard InChI is InChI=1S/C15H13Cl2NO2S/c1-20-11-4-2-10(3-5-11)18-15(19)9-21-12-6-7-13(16)14(17)8-12/h2-8H,9H2,1H3,(H,18,19). The topological polar surface area (TPSA) is 38.3 Å². The minimum atomic E-state index is -0.0868. The van der Waals surface area contributed by atoms with E-state index < -0.39 is 0 Å². The lowest BCUT2D eigenvalue weighted by Crippen LogP contribution is -2.13. The molecule has 2 rings (SSSR count). The van der Waals surface area contributed by atoms with E-state index in [2.05, 4.69) is 5.32 Å². The monoisotopic (exact) mass is 341 g/mol. The van der Waals surface area contributed by atoms with E-state index in [9.17, 15) is 4.79 Å². The van der Waals surface area contributed by atoms with Gasteiger partial charge in [0.1, 0.15) is 5.75 Å². The molecule has 2 aromatic carbocycles. The van der Waals surface area contributed by atoms with Gasteiger partial charge in [-0.25, -0.2) is 0 Å². The molecule has 0 spiro atoms. The molecule has 0 aliphatic carbocycles. The Bertz CT molecular complexity index is 632. The van der Waals surface area contributed by atoms with E-state index in [0.717, 1.165) is 16.3 Å². The van der Waals surface area contributed by atoms with Gasteiger partial charge in [-0.2, -0.15) is 0 Å². The Morgan fingerprint density at radius 3 is 2.48 bits per heavy atom. The fourth-order valence-corrected chi connectivity index (χ4v) is 2.69. The number of methoxy groups -OCH3 is 1. The lowest BCUT2D eigenvalue weighted by Gasteiger charge is -2.06. The molecule has 0 saturated carbocycles. The predicted octanol–water partition coefficient (Wildman–Crippen LogP) is 4.73. The summed E-state index contributed by atoms with van der Waals surface area (Å²) in [5, 5.41) is 3.80. The molecule has 0 heterocycles. The highest BCUT2D eigenvalue weighted by molar-refractivity contribution is 8.00. The molecule has 110 valence electrons. The number of rotatable bonds is 5. The number of thioether (sulfide) groups is 1. The van der Waals surface area contributed by atoms with Crippen LogP contribution in [0.1, 0.15) is 0 Å². The van der Waals surface area contributed by atoms with Crippen LogP contribution in [-0.2, 0) is 4.79 Å². The van der Waals surface area contributed by atoms with Crippen LogP contribution < -0.4 is 10.1 Å². The van der Waals surface area contributed by atoms with E-state index >= 15 is 0 Å². The number of hydrogen-bond acceptors (Lipinski definition) is 3. The van der Waals surface area contributed by atoms with Gasteiger partial charge in [-0.15, -0.1) is 11.8 Å². The van der Waals surface area contributed by atoms with Crippen molar-refractivity contribution in [2.24, 2.45) is 0 Å². The molecule has 21 heavy (non-hydrogen) atoms. The number of nitrogens with one attached hydrogen (secondary N) is 1. The van der Waals surface area contributed by atoms with E-state index in [-0.39, 0.29) is 5.91 Å². The highest BCUT2D eigenvalue weighted by Crippen LogP contribution is 2.28. The lowest BCUT2D eigenvalue weighted by atomic mass is 10.3. The number of carbonyl (C=O) groups is 1. The van der Waals surface area contributed by atoms with Crippen LogP contribution in [0.15, 0.2) is 47.4 Å². The molecule has 1 N–H and O–H groups in total. The molecule has 0 radical (unpaired) electrons. The summed E-state index contributed by atoms with van der Waals surface area (Å²) in [7, 11) is 1.60. The Morgan fingerprint density at radius 1 is 1.14 bits per heavy atom. The molecule has 0 unspecified atom stereocenters. The zero-order chi connectivity index (χ0) is 15.2. The summed E-state index contributed by atoms with van der Waals surface area (Å²) in [4.78, 5) is 12.8. The van der Waals surface area contributed by atoms with Gasteiger partial charge in [-0.3, -0.25) is 4.79 Å². The molecule has 0 saturated heterocycles. The first-order valence-corrected chi connectivity index (χ1v) is 7.84. The normalized spacial score (nSPS) is 10.2. The molecule has 6 heteroatoms. The van der Waals surface area contributed by atoms with E-state index in [1.165, 1.54) is 11.8 Å². The second-order valence-corrected chi connectivity index (χ2v) is 6.00. The van der Waals surface area contributed by atoms with Gasteiger partial charge < -0.3 is 10.1 Å². The summed E-state index contributed by atoms with van der Waals surface area (Å²) in [6.07, 6.45) is 0. The van der Waals surface area contributed by atoms with Crippen molar-refractivity contribution in [1.82, 2.24) is 0 Å². The van der Waals surface area contributed by atoms with Gasteiger partial charge in [-0.05, 0) is 42.5 Å². The van der Waals surface area contributed by atoms with Gasteiger partial charge in [0.25, 0.3) is 0 Å². The highest BCUT2D eigenvalue weighted by atomic mass is 35.5. The van der Waals surface area contributed by atoms with Crippen molar-refractivity contribution in [2.45, 2.75) is 4.90 Å². The largest absolute Gasteiger partial charge is 0.497 e. The molecule has 0 bridgehead atoms. The lowest BCUT2D eigenvalue weighted by molar-refractivity contribution is -0.113. The van der Waals surface area contributed by atoms with Gasteiger partial charge in [-0.1, -0.05) is 23.2 Å². The minimum Gasteiger partial charge on any atom is -0.497 e. The first-order chi connectivity index (χ1) is 10.1. The summed E-state index contributed by atoms with van der Waals surface area (Å²) in [6.45, 7) is 0. The van der Waals surface area contributed by atoms with E-state index in [1.807, 2.05) is 6.07 Å². The third kappa shape index (κ3) is 4.84. The van der Waals surface area contributed by atoms with E-state index in [0.29, 0.717) is 15.8 Å². The summed E-state index contributed by atoms with van der Waals surface area (Å²) >= 11 is 13.2. The number of halogens is 2. The van der Waals surface area contributed by atoms with Crippen molar-refractivity contribution in [3.8, 4) is 5.75 Å². The molecule has 0 aliphatic heterocycles.